The first-order chi connectivity index (χ1) is 13.5. The first kappa shape index (κ1) is 21.8. The van der Waals surface area contributed by atoms with Gasteiger partial charge in [-0.3, -0.25) is 4.68 Å². The van der Waals surface area contributed by atoms with Crippen LogP contribution in [0.2, 0.25) is 0 Å². The second-order valence-electron chi connectivity index (χ2n) is 8.95. The van der Waals surface area contributed by atoms with E-state index in [9.17, 15) is 13.5 Å². The van der Waals surface area contributed by atoms with E-state index < -0.39 is 9.84 Å². The molecule has 3 rings (SSSR count). The number of nitrogens with zero attached hydrogens (tertiary/aromatic N) is 2. The Morgan fingerprint density at radius 1 is 1.24 bits per heavy atom. The van der Waals surface area contributed by atoms with Gasteiger partial charge < -0.3 is 10.0 Å². The zero-order chi connectivity index (χ0) is 21.5. The Morgan fingerprint density at radius 2 is 1.93 bits per heavy atom. The molecule has 0 saturated carbocycles. The van der Waals surface area contributed by atoms with Crippen LogP contribution in [-0.4, -0.2) is 41.9 Å². The molecule has 1 aromatic carbocycles. The zero-order valence-corrected chi connectivity index (χ0v) is 19.2. The van der Waals surface area contributed by atoms with Gasteiger partial charge >= 0.3 is 0 Å². The number of hydrogen-bond acceptors (Lipinski definition) is 4. The van der Waals surface area contributed by atoms with Crippen molar-refractivity contribution in [2.75, 3.05) is 18.6 Å². The van der Waals surface area contributed by atoms with Gasteiger partial charge in [0.1, 0.15) is 18.8 Å². The van der Waals surface area contributed by atoms with Crippen LogP contribution in [-0.2, 0) is 22.9 Å². The van der Waals surface area contributed by atoms with Crippen molar-refractivity contribution < 1.29 is 18.4 Å². The van der Waals surface area contributed by atoms with Crippen LogP contribution in [0.1, 0.15) is 65.9 Å². The van der Waals surface area contributed by atoms with E-state index in [0.717, 1.165) is 29.1 Å². The van der Waals surface area contributed by atoms with Gasteiger partial charge in [-0.25, -0.2) is 8.42 Å². The Bertz CT molecular complexity index is 1010. The molecule has 1 aliphatic rings. The van der Waals surface area contributed by atoms with Gasteiger partial charge in [0.05, 0.1) is 35.9 Å². The minimum atomic E-state index is -2.94. The van der Waals surface area contributed by atoms with Crippen molar-refractivity contribution in [3.63, 3.8) is 0 Å². The van der Waals surface area contributed by atoms with E-state index in [1.165, 1.54) is 16.0 Å². The fourth-order valence-electron chi connectivity index (χ4n) is 4.49. The molecule has 6 nitrogen and oxygen atoms in total. The summed E-state index contributed by atoms with van der Waals surface area (Å²) in [6, 6.07) is 3.95. The summed E-state index contributed by atoms with van der Waals surface area (Å²) < 4.78 is 25.6. The molecular weight excluding hydrogens is 386 g/mol. The van der Waals surface area contributed by atoms with E-state index >= 15 is 0 Å². The molecule has 0 aliphatic carbocycles. The van der Waals surface area contributed by atoms with Crippen LogP contribution in [0.5, 0.6) is 5.75 Å². The maximum absolute atomic E-state index is 11.9. The van der Waals surface area contributed by atoms with Crippen molar-refractivity contribution in [2.24, 2.45) is 0 Å². The molecule has 1 aromatic heterocycles. The topological polar surface area (TPSA) is 76.6 Å². The molecule has 2 heterocycles. The number of quaternary nitrogens is 1. The van der Waals surface area contributed by atoms with Crippen molar-refractivity contribution in [2.45, 2.75) is 66.1 Å². The Labute approximate surface area is 174 Å². The minimum absolute atomic E-state index is 0.0532. The molecular formula is C22H34N3O3S+. The first-order valence-electron chi connectivity index (χ1n) is 10.4. The molecule has 1 unspecified atom stereocenters. The minimum Gasteiger partial charge on any atom is -0.507 e. The Hall–Kier alpha value is -1.86. The number of phenolic OH excluding ortho intramolecular Hbond substituents is 1. The quantitative estimate of drug-likeness (QED) is 0.751. The summed E-state index contributed by atoms with van der Waals surface area (Å²) in [6.45, 7) is 11.9. The zero-order valence-electron chi connectivity index (χ0n) is 18.4. The molecule has 0 amide bonds. The highest BCUT2D eigenvalue weighted by Crippen LogP contribution is 2.28. The molecule has 0 spiro atoms. The number of aryl methyl sites for hydroxylation is 2. The Kier molecular flexibility index (Phi) is 6.11. The third kappa shape index (κ3) is 4.67. The predicted molar refractivity (Wildman–Crippen MR) is 115 cm³/mol. The SMILES string of the molecule is Cc1cc(O)c(C[NH+](C)Cc2c(C)nn([C@H]3CCS(=O)(=O)C3)c2C)cc1C(C)C. The largest absolute Gasteiger partial charge is 0.507 e. The molecule has 0 radical (unpaired) electrons. The molecule has 1 aliphatic heterocycles. The third-order valence-corrected chi connectivity index (χ3v) is 7.84. The van der Waals surface area contributed by atoms with Crippen molar-refractivity contribution in [3.05, 3.63) is 45.8 Å². The van der Waals surface area contributed by atoms with Gasteiger partial charge in [0.2, 0.25) is 0 Å². The van der Waals surface area contributed by atoms with E-state index in [0.29, 0.717) is 24.6 Å². The summed E-state index contributed by atoms with van der Waals surface area (Å²) in [5.41, 5.74) is 6.54. The molecule has 2 atom stereocenters. The van der Waals surface area contributed by atoms with Gasteiger partial charge in [-0.15, -0.1) is 0 Å². The third-order valence-electron chi connectivity index (χ3n) is 6.09. The number of phenols is 1. The highest BCUT2D eigenvalue weighted by Gasteiger charge is 2.31. The number of nitrogens with one attached hydrogen (secondary N) is 1. The monoisotopic (exact) mass is 420 g/mol. The Morgan fingerprint density at radius 3 is 2.52 bits per heavy atom. The second kappa shape index (κ2) is 8.11. The lowest BCUT2D eigenvalue weighted by Crippen LogP contribution is -3.06. The van der Waals surface area contributed by atoms with E-state index in [1.807, 2.05) is 31.5 Å². The van der Waals surface area contributed by atoms with Gasteiger partial charge in [0.15, 0.2) is 9.84 Å². The van der Waals surface area contributed by atoms with Crippen molar-refractivity contribution in [1.82, 2.24) is 9.78 Å². The van der Waals surface area contributed by atoms with Crippen LogP contribution >= 0.6 is 0 Å². The number of hydrogen-bond donors (Lipinski definition) is 2. The van der Waals surface area contributed by atoms with Crippen LogP contribution in [0.4, 0.5) is 0 Å². The highest BCUT2D eigenvalue weighted by atomic mass is 32.2. The van der Waals surface area contributed by atoms with Gasteiger partial charge in [0, 0.05) is 11.3 Å². The Balaban J connectivity index is 1.78. The second-order valence-corrected chi connectivity index (χ2v) is 11.2. The standard InChI is InChI=1S/C22H33N3O3S/c1-14(2)20-10-18(22(26)9-15(20)3)11-24(6)12-21-16(4)23-25(17(21)5)19-7-8-29(27,28)13-19/h9-10,14,19,26H,7-8,11-13H2,1-6H3/p+1/t19-/m0/s1. The number of aromatic hydroxyl groups is 1. The lowest BCUT2D eigenvalue weighted by molar-refractivity contribution is -0.907. The summed E-state index contributed by atoms with van der Waals surface area (Å²) in [5.74, 6) is 1.21. The molecule has 0 bridgehead atoms. The van der Waals surface area contributed by atoms with Gasteiger partial charge in [-0.2, -0.15) is 5.10 Å². The van der Waals surface area contributed by atoms with Crippen LogP contribution in [0.15, 0.2) is 12.1 Å². The summed E-state index contributed by atoms with van der Waals surface area (Å²) in [4.78, 5) is 1.25. The van der Waals surface area contributed by atoms with Crippen LogP contribution < -0.4 is 4.90 Å². The van der Waals surface area contributed by atoms with Crippen molar-refractivity contribution >= 4 is 9.84 Å². The fraction of sp³-hybridized carbons (Fsp3) is 0.591. The average Bonchev–Trinajstić information content (AvgIpc) is 3.10. The number of sulfone groups is 1. The highest BCUT2D eigenvalue weighted by molar-refractivity contribution is 7.91. The molecule has 7 heteroatoms. The van der Waals surface area contributed by atoms with Crippen LogP contribution in [0.3, 0.4) is 0 Å². The number of aromatic nitrogens is 2. The summed E-state index contributed by atoms with van der Waals surface area (Å²) >= 11 is 0. The number of benzene rings is 1. The van der Waals surface area contributed by atoms with Crippen LogP contribution in [0.25, 0.3) is 0 Å². The molecule has 160 valence electrons. The average molecular weight is 421 g/mol. The molecule has 2 aromatic rings. The van der Waals surface area contributed by atoms with E-state index in [1.54, 1.807) is 0 Å². The predicted octanol–water partition coefficient (Wildman–Crippen LogP) is 2.21. The maximum atomic E-state index is 11.9. The lowest BCUT2D eigenvalue weighted by Gasteiger charge is -2.18. The number of rotatable bonds is 6. The first-order valence-corrected chi connectivity index (χ1v) is 12.2. The molecule has 1 saturated heterocycles. The maximum Gasteiger partial charge on any atom is 0.152 e. The van der Waals surface area contributed by atoms with E-state index in [-0.39, 0.29) is 17.5 Å². The van der Waals surface area contributed by atoms with E-state index in [4.69, 9.17) is 0 Å². The van der Waals surface area contributed by atoms with Crippen molar-refractivity contribution in [1.29, 1.82) is 0 Å². The fourth-order valence-corrected chi connectivity index (χ4v) is 6.18. The molecule has 29 heavy (non-hydrogen) atoms. The smallest absolute Gasteiger partial charge is 0.152 e. The lowest BCUT2D eigenvalue weighted by atomic mass is 9.95. The van der Waals surface area contributed by atoms with Gasteiger partial charge in [-0.05, 0) is 56.4 Å². The van der Waals surface area contributed by atoms with Crippen LogP contribution in [0, 0.1) is 20.8 Å². The molecule has 2 N–H and O–H groups in total. The summed E-state index contributed by atoms with van der Waals surface area (Å²) in [6.07, 6.45) is 0.641. The summed E-state index contributed by atoms with van der Waals surface area (Å²) in [5, 5.41) is 15.1. The normalized spacial score (nSPS) is 19.8. The van der Waals surface area contributed by atoms with Crippen molar-refractivity contribution in [3.8, 4) is 5.75 Å². The summed E-state index contributed by atoms with van der Waals surface area (Å²) in [7, 11) is -0.825. The van der Waals surface area contributed by atoms with Gasteiger partial charge in [0.25, 0.3) is 0 Å². The molecule has 1 fully saturated rings. The van der Waals surface area contributed by atoms with Gasteiger partial charge in [-0.1, -0.05) is 13.8 Å². The van der Waals surface area contributed by atoms with E-state index in [2.05, 4.69) is 32.1 Å².